The van der Waals surface area contributed by atoms with Gasteiger partial charge in [-0.2, -0.15) is 0 Å². The van der Waals surface area contributed by atoms with E-state index in [0.29, 0.717) is 5.88 Å². The van der Waals surface area contributed by atoms with Crippen LogP contribution in [-0.2, 0) is 5.88 Å². The highest BCUT2D eigenvalue weighted by atomic mass is 79.9. The maximum absolute atomic E-state index is 6.07. The van der Waals surface area contributed by atoms with Gasteiger partial charge in [-0.25, -0.2) is 0 Å². The van der Waals surface area contributed by atoms with Gasteiger partial charge in [0.25, 0.3) is 0 Å². The van der Waals surface area contributed by atoms with E-state index >= 15 is 0 Å². The summed E-state index contributed by atoms with van der Waals surface area (Å²) in [5.41, 5.74) is 3.43. The number of hydrogen-bond donors (Lipinski definition) is 0. The van der Waals surface area contributed by atoms with E-state index in [2.05, 4.69) is 53.0 Å². The molecule has 0 spiro atoms. The van der Waals surface area contributed by atoms with Crippen LogP contribution in [0.1, 0.15) is 24.1 Å². The van der Waals surface area contributed by atoms with E-state index in [9.17, 15) is 0 Å². The topological polar surface area (TPSA) is 3.24 Å². The average molecular weight is 373 g/mol. The Kier molecular flexibility index (Phi) is 5.36. The average Bonchev–Trinajstić information content (AvgIpc) is 2.45. The van der Waals surface area contributed by atoms with Crippen LogP contribution in [-0.4, -0.2) is 7.05 Å². The molecule has 0 N–H and O–H groups in total. The van der Waals surface area contributed by atoms with Crippen LogP contribution in [0.5, 0.6) is 0 Å². The first kappa shape index (κ1) is 15.7. The molecule has 0 aliphatic heterocycles. The number of nitrogens with zero attached hydrogens (tertiary/aromatic N) is 1. The largest absolute Gasteiger partial charge is 0.368 e. The Bertz CT molecular complexity index is 601. The minimum absolute atomic E-state index is 0.219. The van der Waals surface area contributed by atoms with Gasteiger partial charge in [-0.1, -0.05) is 39.7 Å². The van der Waals surface area contributed by atoms with E-state index < -0.39 is 0 Å². The van der Waals surface area contributed by atoms with Crippen molar-refractivity contribution in [1.82, 2.24) is 0 Å². The first-order valence-electron chi connectivity index (χ1n) is 6.35. The maximum atomic E-state index is 6.07. The summed E-state index contributed by atoms with van der Waals surface area (Å²) in [6.07, 6.45) is 0. The van der Waals surface area contributed by atoms with Crippen LogP contribution in [0.4, 0.5) is 5.69 Å². The number of hydrogen-bond acceptors (Lipinski definition) is 1. The van der Waals surface area contributed by atoms with Crippen molar-refractivity contribution in [2.45, 2.75) is 18.8 Å². The first-order chi connectivity index (χ1) is 9.52. The highest BCUT2D eigenvalue weighted by Gasteiger charge is 2.15. The van der Waals surface area contributed by atoms with Gasteiger partial charge in [-0.3, -0.25) is 0 Å². The zero-order chi connectivity index (χ0) is 14.7. The van der Waals surface area contributed by atoms with E-state index in [4.69, 9.17) is 23.2 Å². The Labute approximate surface area is 138 Å². The monoisotopic (exact) mass is 371 g/mol. The van der Waals surface area contributed by atoms with Gasteiger partial charge >= 0.3 is 0 Å². The molecule has 0 radical (unpaired) electrons. The predicted molar refractivity (Wildman–Crippen MR) is 92.0 cm³/mol. The van der Waals surface area contributed by atoms with Crippen molar-refractivity contribution in [2.24, 2.45) is 0 Å². The summed E-state index contributed by atoms with van der Waals surface area (Å²) >= 11 is 15.6. The molecule has 2 aromatic carbocycles. The summed E-state index contributed by atoms with van der Waals surface area (Å²) < 4.78 is 1.04. The van der Waals surface area contributed by atoms with Crippen molar-refractivity contribution >= 4 is 44.8 Å². The lowest BCUT2D eigenvalue weighted by Crippen LogP contribution is -2.22. The van der Waals surface area contributed by atoms with E-state index in [1.165, 1.54) is 5.56 Å². The molecular formula is C16H16BrCl2N. The summed E-state index contributed by atoms with van der Waals surface area (Å²) in [5.74, 6) is 0.487. The molecule has 1 nitrogen and oxygen atoms in total. The second-order valence-electron chi connectivity index (χ2n) is 4.75. The van der Waals surface area contributed by atoms with Crippen molar-refractivity contribution < 1.29 is 0 Å². The quantitative estimate of drug-likeness (QED) is 0.591. The Morgan fingerprint density at radius 3 is 2.60 bits per heavy atom. The fourth-order valence-electron chi connectivity index (χ4n) is 2.20. The highest BCUT2D eigenvalue weighted by molar-refractivity contribution is 9.10. The second kappa shape index (κ2) is 6.84. The molecule has 0 saturated carbocycles. The van der Waals surface area contributed by atoms with Gasteiger partial charge in [0, 0.05) is 28.1 Å². The summed E-state index contributed by atoms with van der Waals surface area (Å²) in [4.78, 5) is 2.22. The molecule has 4 heteroatoms. The second-order valence-corrected chi connectivity index (χ2v) is 6.37. The third-order valence-electron chi connectivity index (χ3n) is 3.48. The summed E-state index contributed by atoms with van der Waals surface area (Å²) in [6, 6.07) is 14.4. The molecule has 1 atom stereocenters. The van der Waals surface area contributed by atoms with E-state index in [1.807, 2.05) is 24.3 Å². The standard InChI is InChI=1S/C16H16BrCl2N/c1-11(12-4-3-5-15(19)9-12)20(2)16-7-6-14(17)8-13(16)10-18/h3-9,11H,10H2,1-2H3. The van der Waals surface area contributed by atoms with Gasteiger partial charge in [0.05, 0.1) is 6.04 Å². The first-order valence-corrected chi connectivity index (χ1v) is 8.06. The van der Waals surface area contributed by atoms with Gasteiger partial charge < -0.3 is 4.90 Å². The van der Waals surface area contributed by atoms with Gasteiger partial charge in [0.15, 0.2) is 0 Å². The minimum Gasteiger partial charge on any atom is -0.368 e. The lowest BCUT2D eigenvalue weighted by molar-refractivity contribution is 0.737. The summed E-state index contributed by atoms with van der Waals surface area (Å²) in [6.45, 7) is 2.16. The zero-order valence-corrected chi connectivity index (χ0v) is 14.5. The number of alkyl halides is 1. The highest BCUT2D eigenvalue weighted by Crippen LogP contribution is 2.31. The van der Waals surface area contributed by atoms with Crippen LogP contribution in [0.15, 0.2) is 46.9 Å². The number of benzene rings is 2. The normalized spacial score (nSPS) is 12.2. The predicted octanol–water partition coefficient (Wildman–Crippen LogP) is 6.04. The van der Waals surface area contributed by atoms with Crippen molar-refractivity contribution in [3.05, 3.63) is 63.1 Å². The molecule has 0 saturated heterocycles. The molecule has 1 unspecified atom stereocenters. The molecule has 0 heterocycles. The zero-order valence-electron chi connectivity index (χ0n) is 11.4. The molecule has 2 rings (SSSR count). The molecule has 0 bridgehead atoms. The SMILES string of the molecule is CC(c1cccc(Cl)c1)N(C)c1ccc(Br)cc1CCl. The fourth-order valence-corrected chi connectivity index (χ4v) is 3.03. The Morgan fingerprint density at radius 2 is 1.95 bits per heavy atom. The van der Waals surface area contributed by atoms with Crippen molar-refractivity contribution in [3.8, 4) is 0 Å². The third kappa shape index (κ3) is 3.49. The van der Waals surface area contributed by atoms with Crippen molar-refractivity contribution in [3.63, 3.8) is 0 Å². The van der Waals surface area contributed by atoms with Crippen LogP contribution >= 0.6 is 39.1 Å². The Hall–Kier alpha value is -0.700. The van der Waals surface area contributed by atoms with Crippen molar-refractivity contribution in [2.75, 3.05) is 11.9 Å². The van der Waals surface area contributed by atoms with Crippen LogP contribution in [0.25, 0.3) is 0 Å². The van der Waals surface area contributed by atoms with Crippen LogP contribution in [0, 0.1) is 0 Å². The third-order valence-corrected chi connectivity index (χ3v) is 4.49. The lowest BCUT2D eigenvalue weighted by Gasteiger charge is -2.29. The summed E-state index contributed by atoms with van der Waals surface area (Å²) in [7, 11) is 2.07. The molecule has 106 valence electrons. The van der Waals surface area contributed by atoms with Crippen LogP contribution in [0.2, 0.25) is 5.02 Å². The molecule has 0 aliphatic carbocycles. The molecule has 0 aromatic heterocycles. The number of halogens is 3. The van der Waals surface area contributed by atoms with Crippen molar-refractivity contribution in [1.29, 1.82) is 0 Å². The maximum Gasteiger partial charge on any atom is 0.0511 e. The van der Waals surface area contributed by atoms with Gasteiger partial charge in [-0.05, 0) is 48.4 Å². The summed E-state index contributed by atoms with van der Waals surface area (Å²) in [5, 5.41) is 0.760. The minimum atomic E-state index is 0.219. The van der Waals surface area contributed by atoms with E-state index in [-0.39, 0.29) is 6.04 Å². The molecular weight excluding hydrogens is 357 g/mol. The number of anilines is 1. The van der Waals surface area contributed by atoms with E-state index in [1.54, 1.807) is 0 Å². The molecule has 0 fully saturated rings. The van der Waals surface area contributed by atoms with Gasteiger partial charge in [0.2, 0.25) is 0 Å². The smallest absolute Gasteiger partial charge is 0.0511 e. The lowest BCUT2D eigenvalue weighted by atomic mass is 10.1. The molecule has 0 aliphatic rings. The Balaban J connectivity index is 2.33. The van der Waals surface area contributed by atoms with Crippen LogP contribution in [0.3, 0.4) is 0 Å². The fraction of sp³-hybridized carbons (Fsp3) is 0.250. The van der Waals surface area contributed by atoms with Gasteiger partial charge in [-0.15, -0.1) is 11.6 Å². The molecule has 2 aromatic rings. The Morgan fingerprint density at radius 1 is 1.20 bits per heavy atom. The molecule has 0 amide bonds. The van der Waals surface area contributed by atoms with E-state index in [0.717, 1.165) is 20.7 Å². The number of rotatable bonds is 4. The van der Waals surface area contributed by atoms with Gasteiger partial charge in [0.1, 0.15) is 0 Å². The van der Waals surface area contributed by atoms with Crippen LogP contribution < -0.4 is 4.90 Å². The molecule has 20 heavy (non-hydrogen) atoms.